The van der Waals surface area contributed by atoms with Crippen LogP contribution in [-0.4, -0.2) is 46.6 Å². The molecule has 0 bridgehead atoms. The molecule has 1 atom stereocenters. The summed E-state index contributed by atoms with van der Waals surface area (Å²) < 4.78 is 5.44. The van der Waals surface area contributed by atoms with Crippen LogP contribution in [0.15, 0.2) is 18.2 Å². The van der Waals surface area contributed by atoms with Gasteiger partial charge in [-0.05, 0) is 30.9 Å². The predicted molar refractivity (Wildman–Crippen MR) is 73.1 cm³/mol. The Kier molecular flexibility index (Phi) is 3.50. The monoisotopic (exact) mass is 292 g/mol. The van der Waals surface area contributed by atoms with Gasteiger partial charge in [-0.1, -0.05) is 0 Å². The Bertz CT molecular complexity index is 585. The molecular formula is C14H16N2O5. The highest BCUT2D eigenvalue weighted by atomic mass is 16.6. The number of morpholine rings is 1. The Morgan fingerprint density at radius 1 is 1.43 bits per heavy atom. The summed E-state index contributed by atoms with van der Waals surface area (Å²) in [5.41, 5.74) is -0.218. The molecule has 1 heterocycles. The van der Waals surface area contributed by atoms with Crippen LogP contribution in [-0.2, 0) is 4.74 Å². The third-order valence-electron chi connectivity index (χ3n) is 4.01. The first-order chi connectivity index (χ1) is 10.1. The number of nitro groups is 1. The van der Waals surface area contributed by atoms with Crippen molar-refractivity contribution in [1.29, 1.82) is 0 Å². The minimum absolute atomic E-state index is 0.0547. The standard InChI is InChI=1S/C14H16N2O5/c17-13-4-3-10(7-11(13)16(19)20)14(18)15-5-6-21-8-12(15)9-1-2-9/h3-4,7,9,12,17H,1-2,5-6,8H2/t12-/m1/s1. The highest BCUT2D eigenvalue weighted by Gasteiger charge is 2.39. The number of carbonyl (C=O) groups excluding carboxylic acids is 1. The first-order valence-electron chi connectivity index (χ1n) is 6.94. The summed E-state index contributed by atoms with van der Waals surface area (Å²) in [6.45, 7) is 1.50. The Hall–Kier alpha value is -2.15. The smallest absolute Gasteiger partial charge is 0.311 e. The fourth-order valence-corrected chi connectivity index (χ4v) is 2.72. The van der Waals surface area contributed by atoms with Crippen LogP contribution in [0.25, 0.3) is 0 Å². The second-order valence-electron chi connectivity index (χ2n) is 5.44. The van der Waals surface area contributed by atoms with Gasteiger partial charge < -0.3 is 14.7 Å². The first kappa shape index (κ1) is 13.8. The van der Waals surface area contributed by atoms with Crippen molar-refractivity contribution in [2.45, 2.75) is 18.9 Å². The Labute approximate surface area is 121 Å². The number of hydrogen-bond donors (Lipinski definition) is 1. The number of ether oxygens (including phenoxy) is 1. The van der Waals surface area contributed by atoms with Crippen LogP contribution in [0.2, 0.25) is 0 Å². The summed E-state index contributed by atoms with van der Waals surface area (Å²) in [4.78, 5) is 24.5. The van der Waals surface area contributed by atoms with Crippen molar-refractivity contribution in [3.8, 4) is 5.75 Å². The van der Waals surface area contributed by atoms with Crippen molar-refractivity contribution in [2.24, 2.45) is 5.92 Å². The number of hydrogen-bond acceptors (Lipinski definition) is 5. The number of nitro benzene ring substituents is 1. The van der Waals surface area contributed by atoms with E-state index >= 15 is 0 Å². The fourth-order valence-electron chi connectivity index (χ4n) is 2.72. The first-order valence-corrected chi connectivity index (χ1v) is 6.94. The molecule has 1 saturated carbocycles. The largest absolute Gasteiger partial charge is 0.502 e. The molecule has 1 aromatic carbocycles. The molecule has 0 radical (unpaired) electrons. The zero-order valence-corrected chi connectivity index (χ0v) is 11.4. The minimum atomic E-state index is -0.691. The molecule has 7 nitrogen and oxygen atoms in total. The number of rotatable bonds is 3. The molecule has 3 rings (SSSR count). The van der Waals surface area contributed by atoms with E-state index in [0.29, 0.717) is 25.7 Å². The summed E-state index contributed by atoms with van der Waals surface area (Å²) in [6.07, 6.45) is 2.18. The highest BCUT2D eigenvalue weighted by Crippen LogP contribution is 2.37. The van der Waals surface area contributed by atoms with E-state index in [0.717, 1.165) is 18.9 Å². The van der Waals surface area contributed by atoms with E-state index in [1.165, 1.54) is 12.1 Å². The maximum atomic E-state index is 12.6. The summed E-state index contributed by atoms with van der Waals surface area (Å²) >= 11 is 0. The van der Waals surface area contributed by atoms with Gasteiger partial charge in [0.05, 0.1) is 24.2 Å². The quantitative estimate of drug-likeness (QED) is 0.674. The van der Waals surface area contributed by atoms with E-state index in [-0.39, 0.29) is 17.5 Å². The van der Waals surface area contributed by atoms with Gasteiger partial charge in [-0.2, -0.15) is 0 Å². The molecule has 1 N–H and O–H groups in total. The van der Waals surface area contributed by atoms with Crippen molar-refractivity contribution in [3.63, 3.8) is 0 Å². The van der Waals surface area contributed by atoms with Crippen LogP contribution in [0.1, 0.15) is 23.2 Å². The van der Waals surface area contributed by atoms with E-state index in [1.807, 2.05) is 0 Å². The molecule has 1 aromatic rings. The average molecular weight is 292 g/mol. The SMILES string of the molecule is O=C(c1ccc(O)c([N+](=O)[O-])c1)N1CCOC[C@@H]1C1CC1. The molecule has 0 unspecified atom stereocenters. The molecule has 0 spiro atoms. The number of nitrogens with zero attached hydrogens (tertiary/aromatic N) is 2. The Morgan fingerprint density at radius 2 is 2.19 bits per heavy atom. The van der Waals surface area contributed by atoms with Crippen LogP contribution in [0, 0.1) is 16.0 Å². The summed E-state index contributed by atoms with van der Waals surface area (Å²) in [5.74, 6) is -0.197. The Balaban J connectivity index is 1.86. The van der Waals surface area contributed by atoms with Gasteiger partial charge in [-0.3, -0.25) is 14.9 Å². The lowest BCUT2D eigenvalue weighted by atomic mass is 10.1. The summed E-state index contributed by atoms with van der Waals surface area (Å²) in [6, 6.07) is 3.80. The molecular weight excluding hydrogens is 276 g/mol. The lowest BCUT2D eigenvalue weighted by Gasteiger charge is -2.36. The van der Waals surface area contributed by atoms with E-state index in [1.54, 1.807) is 4.90 Å². The number of phenolic OH excluding ortho intramolecular Hbond substituents is 1. The molecule has 1 aliphatic heterocycles. The van der Waals surface area contributed by atoms with Gasteiger partial charge in [0, 0.05) is 18.2 Å². The Morgan fingerprint density at radius 3 is 2.86 bits per heavy atom. The number of benzene rings is 1. The van der Waals surface area contributed by atoms with Crippen molar-refractivity contribution >= 4 is 11.6 Å². The van der Waals surface area contributed by atoms with Crippen LogP contribution in [0.4, 0.5) is 5.69 Å². The van der Waals surface area contributed by atoms with Crippen LogP contribution in [0.3, 0.4) is 0 Å². The second-order valence-corrected chi connectivity index (χ2v) is 5.44. The van der Waals surface area contributed by atoms with Gasteiger partial charge in [0.25, 0.3) is 5.91 Å². The van der Waals surface area contributed by atoms with Gasteiger partial charge in [-0.25, -0.2) is 0 Å². The number of phenols is 1. The zero-order chi connectivity index (χ0) is 15.0. The van der Waals surface area contributed by atoms with Crippen molar-refractivity contribution in [1.82, 2.24) is 4.90 Å². The number of amides is 1. The van der Waals surface area contributed by atoms with Crippen LogP contribution in [0.5, 0.6) is 5.75 Å². The lowest BCUT2D eigenvalue weighted by molar-refractivity contribution is -0.385. The van der Waals surface area contributed by atoms with E-state index in [2.05, 4.69) is 0 Å². The molecule has 7 heteroatoms. The van der Waals surface area contributed by atoms with Crippen LogP contribution < -0.4 is 0 Å². The predicted octanol–water partition coefficient (Wildman–Crippen LogP) is 1.55. The van der Waals surface area contributed by atoms with Gasteiger partial charge in [0.15, 0.2) is 5.75 Å². The normalized spacial score (nSPS) is 22.1. The van der Waals surface area contributed by atoms with Crippen molar-refractivity contribution in [2.75, 3.05) is 19.8 Å². The third kappa shape index (κ3) is 2.69. The summed E-state index contributed by atoms with van der Waals surface area (Å²) in [7, 11) is 0. The highest BCUT2D eigenvalue weighted by molar-refractivity contribution is 5.95. The number of aromatic hydroxyl groups is 1. The number of carbonyl (C=O) groups is 1. The second kappa shape index (κ2) is 5.33. The molecule has 2 aliphatic rings. The lowest BCUT2D eigenvalue weighted by Crippen LogP contribution is -2.49. The molecule has 2 fully saturated rings. The van der Waals surface area contributed by atoms with Gasteiger partial charge in [0.1, 0.15) is 0 Å². The molecule has 0 aromatic heterocycles. The maximum absolute atomic E-state index is 12.6. The molecule has 1 saturated heterocycles. The fraction of sp³-hybridized carbons (Fsp3) is 0.500. The maximum Gasteiger partial charge on any atom is 0.311 e. The molecule has 1 amide bonds. The average Bonchev–Trinajstić information content (AvgIpc) is 3.31. The van der Waals surface area contributed by atoms with E-state index < -0.39 is 16.4 Å². The van der Waals surface area contributed by atoms with Crippen molar-refractivity contribution < 1.29 is 19.6 Å². The topological polar surface area (TPSA) is 92.9 Å². The summed E-state index contributed by atoms with van der Waals surface area (Å²) in [5, 5.41) is 20.3. The zero-order valence-electron chi connectivity index (χ0n) is 11.4. The van der Waals surface area contributed by atoms with Crippen LogP contribution >= 0.6 is 0 Å². The molecule has 112 valence electrons. The van der Waals surface area contributed by atoms with Gasteiger partial charge in [0.2, 0.25) is 0 Å². The van der Waals surface area contributed by atoms with Gasteiger partial charge >= 0.3 is 5.69 Å². The molecule has 1 aliphatic carbocycles. The minimum Gasteiger partial charge on any atom is -0.502 e. The van der Waals surface area contributed by atoms with Gasteiger partial charge in [-0.15, -0.1) is 0 Å². The van der Waals surface area contributed by atoms with E-state index in [9.17, 15) is 20.0 Å². The van der Waals surface area contributed by atoms with Crippen molar-refractivity contribution in [3.05, 3.63) is 33.9 Å². The third-order valence-corrected chi connectivity index (χ3v) is 4.01. The van der Waals surface area contributed by atoms with E-state index in [4.69, 9.17) is 4.74 Å². The molecule has 21 heavy (non-hydrogen) atoms.